The fraction of sp³-hybridized carbons (Fsp3) is 0.333. The van der Waals surface area contributed by atoms with Gasteiger partial charge in [0.25, 0.3) is 0 Å². The minimum absolute atomic E-state index is 0.0284. The first kappa shape index (κ1) is 15.6. The van der Waals surface area contributed by atoms with E-state index >= 15 is 0 Å². The van der Waals surface area contributed by atoms with Crippen LogP contribution in [0.1, 0.15) is 31.1 Å². The van der Waals surface area contributed by atoms with Crippen molar-refractivity contribution in [2.75, 3.05) is 5.75 Å². The molecule has 0 fully saturated rings. The number of imidazole rings is 1. The minimum Gasteiger partial charge on any atom is -0.481 e. The van der Waals surface area contributed by atoms with E-state index in [2.05, 4.69) is 4.98 Å². The van der Waals surface area contributed by atoms with Crippen LogP contribution in [0.2, 0.25) is 0 Å². The van der Waals surface area contributed by atoms with Crippen molar-refractivity contribution in [2.24, 2.45) is 0 Å². The van der Waals surface area contributed by atoms with Gasteiger partial charge in [-0.1, -0.05) is 30.8 Å². The number of aliphatic carboxylic acids is 1. The quantitative estimate of drug-likeness (QED) is 0.831. The second kappa shape index (κ2) is 6.76. The highest BCUT2D eigenvalue weighted by molar-refractivity contribution is 7.99. The van der Waals surface area contributed by atoms with E-state index in [4.69, 9.17) is 5.11 Å². The SMILES string of the molecule is CCc1cnc(SCC(=O)O)n1C(C)c1ccc(F)cc1. The van der Waals surface area contributed by atoms with Crippen molar-refractivity contribution >= 4 is 17.7 Å². The molecule has 0 saturated carbocycles. The molecule has 4 nitrogen and oxygen atoms in total. The summed E-state index contributed by atoms with van der Waals surface area (Å²) in [5.41, 5.74) is 1.99. The van der Waals surface area contributed by atoms with Gasteiger partial charge in [0.05, 0.1) is 11.8 Å². The third-order valence-electron chi connectivity index (χ3n) is 3.27. The van der Waals surface area contributed by atoms with Gasteiger partial charge < -0.3 is 9.67 Å². The normalized spacial score (nSPS) is 12.3. The lowest BCUT2D eigenvalue weighted by atomic mass is 10.1. The molecule has 0 aliphatic rings. The van der Waals surface area contributed by atoms with Crippen molar-refractivity contribution in [3.8, 4) is 0 Å². The molecule has 1 aromatic heterocycles. The van der Waals surface area contributed by atoms with Gasteiger partial charge in [-0.15, -0.1) is 0 Å². The Morgan fingerprint density at radius 2 is 2.10 bits per heavy atom. The maximum absolute atomic E-state index is 13.0. The fourth-order valence-corrected chi connectivity index (χ4v) is 2.97. The number of halogens is 1. The van der Waals surface area contributed by atoms with Crippen LogP contribution in [0.4, 0.5) is 4.39 Å². The van der Waals surface area contributed by atoms with Gasteiger partial charge in [0.1, 0.15) is 5.82 Å². The van der Waals surface area contributed by atoms with Crippen LogP contribution in [0.25, 0.3) is 0 Å². The smallest absolute Gasteiger partial charge is 0.313 e. The summed E-state index contributed by atoms with van der Waals surface area (Å²) in [6, 6.07) is 6.31. The zero-order valence-electron chi connectivity index (χ0n) is 11.9. The Hall–Kier alpha value is -1.82. The molecule has 1 N–H and O–H groups in total. The second-order valence-electron chi connectivity index (χ2n) is 4.67. The second-order valence-corrected chi connectivity index (χ2v) is 5.61. The van der Waals surface area contributed by atoms with Crippen LogP contribution in [-0.4, -0.2) is 26.4 Å². The Balaban J connectivity index is 2.33. The number of benzene rings is 1. The lowest BCUT2D eigenvalue weighted by Gasteiger charge is -2.19. The summed E-state index contributed by atoms with van der Waals surface area (Å²) in [5.74, 6) is -1.18. The predicted molar refractivity (Wildman–Crippen MR) is 80.2 cm³/mol. The van der Waals surface area contributed by atoms with Crippen LogP contribution in [0.5, 0.6) is 0 Å². The van der Waals surface area contributed by atoms with Crippen molar-refractivity contribution in [3.63, 3.8) is 0 Å². The van der Waals surface area contributed by atoms with Crippen LogP contribution < -0.4 is 0 Å². The molecule has 1 aromatic carbocycles. The van der Waals surface area contributed by atoms with Crippen LogP contribution >= 0.6 is 11.8 Å². The molecule has 0 bridgehead atoms. The molecule has 0 spiro atoms. The van der Waals surface area contributed by atoms with Gasteiger partial charge in [-0.2, -0.15) is 0 Å². The summed E-state index contributed by atoms with van der Waals surface area (Å²) in [6.07, 6.45) is 2.57. The first-order valence-electron chi connectivity index (χ1n) is 6.69. The maximum Gasteiger partial charge on any atom is 0.313 e. The molecule has 2 rings (SSSR count). The molecule has 1 heterocycles. The fourth-order valence-electron chi connectivity index (χ4n) is 2.18. The number of thioether (sulfide) groups is 1. The van der Waals surface area contributed by atoms with E-state index in [1.807, 2.05) is 18.4 Å². The number of aromatic nitrogens is 2. The number of hydrogen-bond donors (Lipinski definition) is 1. The molecule has 0 amide bonds. The molecule has 0 radical (unpaired) electrons. The summed E-state index contributed by atoms with van der Waals surface area (Å²) in [4.78, 5) is 15.0. The molecule has 112 valence electrons. The third-order valence-corrected chi connectivity index (χ3v) is 4.22. The molecule has 0 aliphatic carbocycles. The average molecular weight is 308 g/mol. The zero-order chi connectivity index (χ0) is 15.4. The van der Waals surface area contributed by atoms with Gasteiger partial charge in [0.15, 0.2) is 5.16 Å². The highest BCUT2D eigenvalue weighted by Gasteiger charge is 2.17. The molecular formula is C15H17FN2O2S. The number of hydrogen-bond acceptors (Lipinski definition) is 3. The molecule has 6 heteroatoms. The van der Waals surface area contributed by atoms with E-state index in [9.17, 15) is 9.18 Å². The predicted octanol–water partition coefficient (Wildman–Crippen LogP) is 3.37. The van der Waals surface area contributed by atoms with E-state index in [0.717, 1.165) is 17.7 Å². The van der Waals surface area contributed by atoms with Crippen molar-refractivity contribution in [1.29, 1.82) is 0 Å². The lowest BCUT2D eigenvalue weighted by molar-refractivity contribution is -0.133. The summed E-state index contributed by atoms with van der Waals surface area (Å²) in [6.45, 7) is 4.02. The largest absolute Gasteiger partial charge is 0.481 e. The van der Waals surface area contributed by atoms with Crippen molar-refractivity contribution in [2.45, 2.75) is 31.5 Å². The minimum atomic E-state index is -0.873. The molecule has 0 aliphatic heterocycles. The Labute approximate surface area is 127 Å². The van der Waals surface area contributed by atoms with Crippen LogP contribution in [0.3, 0.4) is 0 Å². The number of rotatable bonds is 6. The van der Waals surface area contributed by atoms with Gasteiger partial charge in [-0.3, -0.25) is 4.79 Å². The van der Waals surface area contributed by atoms with Crippen LogP contribution in [-0.2, 0) is 11.2 Å². The monoisotopic (exact) mass is 308 g/mol. The third kappa shape index (κ3) is 3.64. The number of carboxylic acids is 1. The zero-order valence-corrected chi connectivity index (χ0v) is 12.7. The molecule has 0 saturated heterocycles. The number of carboxylic acid groups (broad SMARTS) is 1. The summed E-state index contributed by atoms with van der Waals surface area (Å²) in [7, 11) is 0. The summed E-state index contributed by atoms with van der Waals surface area (Å²) in [5, 5.41) is 9.49. The van der Waals surface area contributed by atoms with Crippen molar-refractivity contribution < 1.29 is 14.3 Å². The Kier molecular flexibility index (Phi) is 5.01. The summed E-state index contributed by atoms with van der Waals surface area (Å²) < 4.78 is 15.1. The standard InChI is InChI=1S/C15H17FN2O2S/c1-3-13-8-17-15(21-9-14(19)20)18(13)10(2)11-4-6-12(16)7-5-11/h4-8,10H,3,9H2,1-2H3,(H,19,20). The van der Waals surface area contributed by atoms with Gasteiger partial charge in [-0.25, -0.2) is 9.37 Å². The van der Waals surface area contributed by atoms with E-state index < -0.39 is 5.97 Å². The lowest BCUT2D eigenvalue weighted by Crippen LogP contribution is -2.12. The molecule has 1 atom stereocenters. The average Bonchev–Trinajstić information content (AvgIpc) is 2.88. The number of nitrogens with zero attached hydrogens (tertiary/aromatic N) is 2. The van der Waals surface area contributed by atoms with Gasteiger partial charge in [0.2, 0.25) is 0 Å². The number of carbonyl (C=O) groups is 1. The van der Waals surface area contributed by atoms with Crippen molar-refractivity contribution in [1.82, 2.24) is 9.55 Å². The van der Waals surface area contributed by atoms with E-state index in [0.29, 0.717) is 5.16 Å². The Bertz CT molecular complexity index is 625. The van der Waals surface area contributed by atoms with E-state index in [1.54, 1.807) is 18.3 Å². The van der Waals surface area contributed by atoms with Gasteiger partial charge in [-0.05, 0) is 31.0 Å². The first-order chi connectivity index (χ1) is 10.0. The Morgan fingerprint density at radius 1 is 1.43 bits per heavy atom. The molecular weight excluding hydrogens is 291 g/mol. The van der Waals surface area contributed by atoms with E-state index in [1.165, 1.54) is 23.9 Å². The van der Waals surface area contributed by atoms with Gasteiger partial charge >= 0.3 is 5.97 Å². The topological polar surface area (TPSA) is 55.1 Å². The maximum atomic E-state index is 13.0. The van der Waals surface area contributed by atoms with E-state index in [-0.39, 0.29) is 17.6 Å². The first-order valence-corrected chi connectivity index (χ1v) is 7.67. The Morgan fingerprint density at radius 3 is 2.67 bits per heavy atom. The van der Waals surface area contributed by atoms with Crippen molar-refractivity contribution in [3.05, 3.63) is 47.5 Å². The highest BCUT2D eigenvalue weighted by atomic mass is 32.2. The molecule has 2 aromatic rings. The van der Waals surface area contributed by atoms with Crippen LogP contribution in [0, 0.1) is 5.82 Å². The van der Waals surface area contributed by atoms with Crippen LogP contribution in [0.15, 0.2) is 35.6 Å². The van der Waals surface area contributed by atoms with Gasteiger partial charge in [0, 0.05) is 11.9 Å². The number of aryl methyl sites for hydroxylation is 1. The highest BCUT2D eigenvalue weighted by Crippen LogP contribution is 2.27. The molecule has 1 unspecified atom stereocenters. The molecule has 21 heavy (non-hydrogen) atoms. The summed E-state index contributed by atoms with van der Waals surface area (Å²) >= 11 is 1.20.